The summed E-state index contributed by atoms with van der Waals surface area (Å²) in [4.78, 5) is 56.8. The lowest BCUT2D eigenvalue weighted by Gasteiger charge is -2.20. The smallest absolute Gasteiger partial charge is 0.326 e. The summed E-state index contributed by atoms with van der Waals surface area (Å²) >= 11 is 0. The van der Waals surface area contributed by atoms with Gasteiger partial charge in [-0.05, 0) is 30.4 Å². The Bertz CT molecular complexity index is 1130. The maximum absolute atomic E-state index is 12.6. The molecule has 0 aromatic heterocycles. The fraction of sp³-hybridized carbons (Fsp3) is 0.333. The zero-order valence-corrected chi connectivity index (χ0v) is 21.6. The number of nitrogen functional groups attached to an aromatic ring is 1. The van der Waals surface area contributed by atoms with E-state index in [-0.39, 0.29) is 18.7 Å². The van der Waals surface area contributed by atoms with Gasteiger partial charge in [-0.1, -0.05) is 54.6 Å². The van der Waals surface area contributed by atoms with Crippen molar-refractivity contribution in [2.45, 2.75) is 57.5 Å². The molecule has 8 N–H and O–H groups in total. The van der Waals surface area contributed by atoms with Gasteiger partial charge in [-0.15, -0.1) is 0 Å². The Balaban J connectivity index is 0.00000177. The molecule has 210 valence electrons. The Hall–Kier alpha value is -4.74. The lowest BCUT2D eigenvalue weighted by Crippen LogP contribution is -2.52. The van der Waals surface area contributed by atoms with Gasteiger partial charge in [0.2, 0.25) is 11.8 Å². The van der Waals surface area contributed by atoms with Crippen molar-refractivity contribution in [1.82, 2.24) is 10.6 Å². The van der Waals surface area contributed by atoms with E-state index in [1.807, 2.05) is 12.1 Å². The minimum absolute atomic E-state index is 0.0112. The van der Waals surface area contributed by atoms with Crippen molar-refractivity contribution < 1.29 is 39.3 Å². The fourth-order valence-corrected chi connectivity index (χ4v) is 3.44. The number of nitrogens with two attached hydrogens (primary N) is 1. The van der Waals surface area contributed by atoms with Crippen LogP contribution in [0.15, 0.2) is 54.6 Å². The van der Waals surface area contributed by atoms with Crippen molar-refractivity contribution in [2.75, 3.05) is 0 Å². The number of amides is 2. The number of hydrogen-bond acceptors (Lipinski definition) is 6. The molecule has 2 aromatic rings. The Morgan fingerprint density at radius 2 is 1.44 bits per heavy atom. The topological polar surface area (TPSA) is 220 Å². The maximum atomic E-state index is 12.6. The van der Waals surface area contributed by atoms with Crippen LogP contribution in [0, 0.1) is 5.41 Å². The van der Waals surface area contributed by atoms with Crippen LogP contribution in [0.1, 0.15) is 49.3 Å². The van der Waals surface area contributed by atoms with Crippen LogP contribution in [0.5, 0.6) is 0 Å². The molecule has 2 rings (SSSR count). The molecule has 2 atom stereocenters. The maximum Gasteiger partial charge on any atom is 0.326 e. The molecule has 0 aliphatic carbocycles. The molecular weight excluding hydrogens is 508 g/mol. The first-order valence-corrected chi connectivity index (χ1v) is 12.1. The quantitative estimate of drug-likeness (QED) is 0.104. The summed E-state index contributed by atoms with van der Waals surface area (Å²) in [5.74, 6) is -4.76. The summed E-state index contributed by atoms with van der Waals surface area (Å²) in [6.07, 6.45) is 1.32. The van der Waals surface area contributed by atoms with Crippen molar-refractivity contribution >= 4 is 35.6 Å². The zero-order valence-electron chi connectivity index (χ0n) is 21.6. The number of unbranched alkanes of at least 4 members (excludes halogenated alkanes) is 1. The van der Waals surface area contributed by atoms with Crippen LogP contribution in [0.4, 0.5) is 0 Å². The van der Waals surface area contributed by atoms with Gasteiger partial charge in [0.25, 0.3) is 5.97 Å². The minimum Gasteiger partial charge on any atom is -0.481 e. The van der Waals surface area contributed by atoms with Crippen LogP contribution in [-0.4, -0.2) is 63.0 Å². The SMILES string of the molecule is CC(=O)O.N=C(N)c1ccc(CCCCC(=O)N[C@@H](CC(=O)O)C(=O)N[C@@H](Cc2ccccc2)C(=O)O)cc1. The largest absolute Gasteiger partial charge is 0.481 e. The van der Waals surface area contributed by atoms with E-state index < -0.39 is 48.2 Å². The summed E-state index contributed by atoms with van der Waals surface area (Å²) in [7, 11) is 0. The van der Waals surface area contributed by atoms with Crippen LogP contribution in [-0.2, 0) is 36.8 Å². The molecule has 0 aliphatic heterocycles. The Kier molecular flexibility index (Phi) is 14.0. The van der Waals surface area contributed by atoms with E-state index in [4.69, 9.17) is 26.2 Å². The van der Waals surface area contributed by atoms with Gasteiger partial charge in [0, 0.05) is 25.3 Å². The first-order chi connectivity index (χ1) is 18.4. The minimum atomic E-state index is -1.39. The lowest BCUT2D eigenvalue weighted by atomic mass is 10.0. The molecule has 0 radical (unpaired) electrons. The van der Waals surface area contributed by atoms with Crippen molar-refractivity contribution in [1.29, 1.82) is 5.41 Å². The fourth-order valence-electron chi connectivity index (χ4n) is 3.44. The number of nitrogens with one attached hydrogen (secondary N) is 3. The average Bonchev–Trinajstić information content (AvgIpc) is 2.86. The molecule has 0 heterocycles. The summed E-state index contributed by atoms with van der Waals surface area (Å²) in [5, 5.41) is 38.2. The van der Waals surface area contributed by atoms with Crippen molar-refractivity contribution in [3.8, 4) is 0 Å². The summed E-state index contributed by atoms with van der Waals surface area (Å²) in [5.41, 5.74) is 7.77. The Morgan fingerprint density at radius 3 is 1.95 bits per heavy atom. The van der Waals surface area contributed by atoms with Crippen molar-refractivity contribution in [3.63, 3.8) is 0 Å². The monoisotopic (exact) mass is 542 g/mol. The summed E-state index contributed by atoms with van der Waals surface area (Å²) in [6, 6.07) is 13.3. The molecule has 0 saturated carbocycles. The number of carbonyl (C=O) groups excluding carboxylic acids is 2. The molecule has 0 unspecified atom stereocenters. The second kappa shape index (κ2) is 16.9. The molecule has 39 heavy (non-hydrogen) atoms. The predicted octanol–water partition coefficient (Wildman–Crippen LogP) is 1.55. The second-order valence-corrected chi connectivity index (χ2v) is 8.64. The van der Waals surface area contributed by atoms with Crippen LogP contribution < -0.4 is 16.4 Å². The molecular formula is C27H34N4O8. The Labute approximate surface area is 225 Å². The third-order valence-corrected chi connectivity index (χ3v) is 5.31. The van der Waals surface area contributed by atoms with E-state index in [9.17, 15) is 24.3 Å². The molecule has 0 spiro atoms. The highest BCUT2D eigenvalue weighted by atomic mass is 16.4. The number of aliphatic carboxylic acids is 3. The van der Waals surface area contributed by atoms with E-state index in [1.165, 1.54) is 0 Å². The van der Waals surface area contributed by atoms with Gasteiger partial charge >= 0.3 is 11.9 Å². The first kappa shape index (κ1) is 32.3. The third kappa shape index (κ3) is 14.0. The number of amidine groups is 1. The van der Waals surface area contributed by atoms with Crippen molar-refractivity contribution in [2.24, 2.45) is 5.73 Å². The summed E-state index contributed by atoms with van der Waals surface area (Å²) in [6.45, 7) is 1.08. The van der Waals surface area contributed by atoms with Crippen LogP contribution >= 0.6 is 0 Å². The highest BCUT2D eigenvalue weighted by Crippen LogP contribution is 2.09. The number of carboxylic acids is 3. The average molecular weight is 543 g/mol. The van der Waals surface area contributed by atoms with E-state index in [0.29, 0.717) is 30.4 Å². The molecule has 0 aliphatic rings. The van der Waals surface area contributed by atoms with Gasteiger partial charge < -0.3 is 31.7 Å². The molecule has 0 saturated heterocycles. The lowest BCUT2D eigenvalue weighted by molar-refractivity contribution is -0.143. The number of benzene rings is 2. The van der Waals surface area contributed by atoms with Gasteiger partial charge in [0.05, 0.1) is 6.42 Å². The van der Waals surface area contributed by atoms with E-state index in [2.05, 4.69) is 10.6 Å². The third-order valence-electron chi connectivity index (χ3n) is 5.31. The number of aryl methyl sites for hydroxylation is 1. The van der Waals surface area contributed by atoms with E-state index in [1.54, 1.807) is 42.5 Å². The predicted molar refractivity (Wildman–Crippen MR) is 142 cm³/mol. The summed E-state index contributed by atoms with van der Waals surface area (Å²) < 4.78 is 0. The van der Waals surface area contributed by atoms with Gasteiger partial charge in [-0.25, -0.2) is 4.79 Å². The molecule has 0 bridgehead atoms. The molecule has 12 nitrogen and oxygen atoms in total. The second-order valence-electron chi connectivity index (χ2n) is 8.64. The van der Waals surface area contributed by atoms with Gasteiger partial charge in [0.15, 0.2) is 0 Å². The Morgan fingerprint density at radius 1 is 0.846 bits per heavy atom. The molecule has 2 amide bonds. The van der Waals surface area contributed by atoms with Gasteiger partial charge in [-0.3, -0.25) is 24.6 Å². The van der Waals surface area contributed by atoms with Crippen LogP contribution in [0.25, 0.3) is 0 Å². The standard InChI is InChI=1S/C25H30N4O6.C2H4O2/c26-23(27)18-12-10-16(11-13-18)6-4-5-9-21(30)28-19(15-22(31)32)24(33)29-20(25(34)35)14-17-7-2-1-3-8-17;1-2(3)4/h1-3,7-8,10-13,19-20H,4-6,9,14-15H2,(H3,26,27)(H,28,30)(H,29,33)(H,31,32)(H,34,35);1H3,(H,3,4)/t19-,20-;/m0./s1. The molecule has 12 heteroatoms. The van der Waals surface area contributed by atoms with Gasteiger partial charge in [0.1, 0.15) is 17.9 Å². The highest BCUT2D eigenvalue weighted by Gasteiger charge is 2.28. The molecule has 2 aromatic carbocycles. The number of rotatable bonds is 14. The number of carbonyl (C=O) groups is 5. The normalized spacial score (nSPS) is 11.6. The van der Waals surface area contributed by atoms with Crippen LogP contribution in [0.3, 0.4) is 0 Å². The van der Waals surface area contributed by atoms with Crippen LogP contribution in [0.2, 0.25) is 0 Å². The van der Waals surface area contributed by atoms with Crippen molar-refractivity contribution in [3.05, 3.63) is 71.3 Å². The van der Waals surface area contributed by atoms with E-state index >= 15 is 0 Å². The highest BCUT2D eigenvalue weighted by molar-refractivity contribution is 5.95. The van der Waals surface area contributed by atoms with E-state index in [0.717, 1.165) is 12.5 Å². The number of hydrogen-bond donors (Lipinski definition) is 7. The molecule has 0 fully saturated rings. The number of carboxylic acid groups (broad SMARTS) is 3. The van der Waals surface area contributed by atoms with Gasteiger partial charge in [-0.2, -0.15) is 0 Å². The zero-order chi connectivity index (χ0) is 29.4. The first-order valence-electron chi connectivity index (χ1n) is 12.1.